The summed E-state index contributed by atoms with van der Waals surface area (Å²) in [5.41, 5.74) is 8.07. The Morgan fingerprint density at radius 1 is 1.33 bits per heavy atom. The predicted molar refractivity (Wildman–Crippen MR) is 58.1 cm³/mol. The van der Waals surface area contributed by atoms with Crippen molar-refractivity contribution < 1.29 is 0 Å². The maximum Gasteiger partial charge on any atom is 0.153 e. The summed E-state index contributed by atoms with van der Waals surface area (Å²) in [4.78, 5) is 0. The lowest BCUT2D eigenvalue weighted by Crippen LogP contribution is -2.03. The van der Waals surface area contributed by atoms with Crippen molar-refractivity contribution in [2.24, 2.45) is 0 Å². The Kier molecular flexibility index (Phi) is 2.32. The third-order valence-electron chi connectivity index (χ3n) is 2.17. The van der Waals surface area contributed by atoms with Crippen LogP contribution in [-0.4, -0.2) is 20.2 Å². The van der Waals surface area contributed by atoms with Crippen molar-refractivity contribution in [3.05, 3.63) is 28.5 Å². The first-order chi connectivity index (χ1) is 7.09. The summed E-state index contributed by atoms with van der Waals surface area (Å²) in [5.74, 6) is 0.707. The van der Waals surface area contributed by atoms with E-state index in [-0.39, 0.29) is 0 Å². The summed E-state index contributed by atoms with van der Waals surface area (Å²) in [5, 5.41) is 11.8. The van der Waals surface area contributed by atoms with Gasteiger partial charge < -0.3 is 5.73 Å². The fraction of sp³-hybridized carbons (Fsp3) is 0.222. The maximum absolute atomic E-state index is 5.95. The normalized spacial score (nSPS) is 10.6. The highest BCUT2D eigenvalue weighted by atomic mass is 35.5. The van der Waals surface area contributed by atoms with Crippen LogP contribution in [0, 0.1) is 13.8 Å². The molecule has 0 aliphatic rings. The summed E-state index contributed by atoms with van der Waals surface area (Å²) >= 11 is 5.95. The Labute approximate surface area is 91.8 Å². The van der Waals surface area contributed by atoms with Crippen LogP contribution in [-0.2, 0) is 0 Å². The molecule has 0 spiro atoms. The number of rotatable bonds is 1. The molecule has 0 saturated heterocycles. The third-order valence-corrected chi connectivity index (χ3v) is 2.50. The van der Waals surface area contributed by atoms with Crippen molar-refractivity contribution >= 4 is 17.3 Å². The molecule has 1 aromatic carbocycles. The number of nitrogens with two attached hydrogens (primary N) is 1. The zero-order chi connectivity index (χ0) is 11.0. The number of aryl methyl sites for hydroxylation is 2. The van der Waals surface area contributed by atoms with Gasteiger partial charge in [-0.15, -0.1) is 5.10 Å². The first-order valence-corrected chi connectivity index (χ1v) is 4.78. The van der Waals surface area contributed by atoms with Gasteiger partial charge >= 0.3 is 0 Å². The molecule has 2 rings (SSSR count). The minimum absolute atomic E-state index is 0.505. The molecule has 1 heterocycles. The van der Waals surface area contributed by atoms with E-state index >= 15 is 0 Å². The molecular formula is C9H10ClN5. The van der Waals surface area contributed by atoms with Gasteiger partial charge in [-0.25, -0.2) is 0 Å². The average molecular weight is 224 g/mol. The van der Waals surface area contributed by atoms with Gasteiger partial charge in [0, 0.05) is 0 Å². The number of tetrazole rings is 1. The number of aromatic nitrogens is 4. The molecule has 0 bridgehead atoms. The third kappa shape index (κ3) is 1.66. The molecule has 0 saturated carbocycles. The van der Waals surface area contributed by atoms with Gasteiger partial charge in [0.1, 0.15) is 0 Å². The van der Waals surface area contributed by atoms with E-state index in [1.165, 1.54) is 0 Å². The minimum atomic E-state index is 0.505. The number of anilines is 1. The number of benzene rings is 1. The van der Waals surface area contributed by atoms with Crippen LogP contribution < -0.4 is 5.73 Å². The van der Waals surface area contributed by atoms with Crippen molar-refractivity contribution in [2.45, 2.75) is 13.8 Å². The highest BCUT2D eigenvalue weighted by molar-refractivity contribution is 6.33. The van der Waals surface area contributed by atoms with E-state index in [9.17, 15) is 0 Å². The molecule has 0 aliphatic heterocycles. The van der Waals surface area contributed by atoms with E-state index in [0.717, 1.165) is 11.3 Å². The second kappa shape index (κ2) is 3.51. The molecule has 0 radical (unpaired) electrons. The summed E-state index contributed by atoms with van der Waals surface area (Å²) in [6.07, 6.45) is 0. The topological polar surface area (TPSA) is 69.6 Å². The van der Waals surface area contributed by atoms with Crippen LogP contribution in [0.15, 0.2) is 12.1 Å². The molecule has 0 atom stereocenters. The van der Waals surface area contributed by atoms with Gasteiger partial charge in [0.05, 0.1) is 16.4 Å². The molecule has 0 fully saturated rings. The van der Waals surface area contributed by atoms with Crippen molar-refractivity contribution in [2.75, 3.05) is 5.73 Å². The Balaban J connectivity index is 2.64. The van der Waals surface area contributed by atoms with E-state index in [0.29, 0.717) is 16.5 Å². The van der Waals surface area contributed by atoms with E-state index in [4.69, 9.17) is 17.3 Å². The molecule has 0 aliphatic carbocycles. The highest BCUT2D eigenvalue weighted by Crippen LogP contribution is 2.25. The summed E-state index contributed by atoms with van der Waals surface area (Å²) in [6.45, 7) is 3.76. The molecule has 0 amide bonds. The van der Waals surface area contributed by atoms with Gasteiger partial charge in [-0.2, -0.15) is 4.68 Å². The van der Waals surface area contributed by atoms with E-state index < -0.39 is 0 Å². The zero-order valence-corrected chi connectivity index (χ0v) is 9.15. The molecule has 0 unspecified atom stereocenters. The number of halogens is 1. The molecule has 6 heteroatoms. The summed E-state index contributed by atoms with van der Waals surface area (Å²) in [7, 11) is 0. The van der Waals surface area contributed by atoms with Crippen LogP contribution in [0.4, 0.5) is 5.69 Å². The fourth-order valence-corrected chi connectivity index (χ4v) is 1.53. The largest absolute Gasteiger partial charge is 0.398 e. The molecule has 2 aromatic rings. The quantitative estimate of drug-likeness (QED) is 0.745. The monoisotopic (exact) mass is 223 g/mol. The Hall–Kier alpha value is -1.62. The van der Waals surface area contributed by atoms with Gasteiger partial charge in [0.15, 0.2) is 5.82 Å². The molecule has 2 N–H and O–H groups in total. The molecule has 78 valence electrons. The average Bonchev–Trinajstić information content (AvgIpc) is 2.58. The van der Waals surface area contributed by atoms with Crippen molar-refractivity contribution in [1.29, 1.82) is 0 Å². The van der Waals surface area contributed by atoms with Crippen molar-refractivity contribution in [1.82, 2.24) is 20.2 Å². The van der Waals surface area contributed by atoms with Gasteiger partial charge in [0.2, 0.25) is 0 Å². The first-order valence-electron chi connectivity index (χ1n) is 4.40. The zero-order valence-electron chi connectivity index (χ0n) is 8.40. The van der Waals surface area contributed by atoms with Crippen LogP contribution in [0.1, 0.15) is 11.4 Å². The van der Waals surface area contributed by atoms with Gasteiger partial charge in [-0.1, -0.05) is 11.6 Å². The summed E-state index contributed by atoms with van der Waals surface area (Å²) < 4.78 is 1.63. The molecular weight excluding hydrogens is 214 g/mol. The molecule has 5 nitrogen and oxygen atoms in total. The van der Waals surface area contributed by atoms with E-state index in [2.05, 4.69) is 15.5 Å². The second-order valence-electron chi connectivity index (χ2n) is 3.30. The number of hydrogen-bond donors (Lipinski definition) is 1. The Morgan fingerprint density at radius 2 is 2.07 bits per heavy atom. The second-order valence-corrected chi connectivity index (χ2v) is 3.71. The minimum Gasteiger partial charge on any atom is -0.398 e. The van der Waals surface area contributed by atoms with Crippen LogP contribution in [0.3, 0.4) is 0 Å². The maximum atomic E-state index is 5.95. The highest BCUT2D eigenvalue weighted by Gasteiger charge is 2.09. The lowest BCUT2D eigenvalue weighted by Gasteiger charge is -2.08. The smallest absolute Gasteiger partial charge is 0.153 e. The van der Waals surface area contributed by atoms with Crippen molar-refractivity contribution in [3.63, 3.8) is 0 Å². The standard InChI is InChI=1S/C9H10ClN5/c1-5-3-8(11)7(10)4-9(5)15-6(2)12-13-14-15/h3-4H,11H2,1-2H3. The molecule has 1 aromatic heterocycles. The number of nitrogens with zero attached hydrogens (tertiary/aromatic N) is 4. The van der Waals surface area contributed by atoms with Crippen LogP contribution in [0.5, 0.6) is 0 Å². The summed E-state index contributed by atoms with van der Waals surface area (Å²) in [6, 6.07) is 3.56. The molecule has 15 heavy (non-hydrogen) atoms. The Morgan fingerprint density at radius 3 is 2.67 bits per heavy atom. The van der Waals surface area contributed by atoms with E-state index in [1.54, 1.807) is 16.8 Å². The van der Waals surface area contributed by atoms with Crippen LogP contribution in [0.2, 0.25) is 5.02 Å². The fourth-order valence-electron chi connectivity index (χ4n) is 1.38. The predicted octanol–water partition coefficient (Wildman–Crippen LogP) is 1.51. The lowest BCUT2D eigenvalue weighted by molar-refractivity contribution is 0.775. The number of nitrogen functional groups attached to an aromatic ring is 1. The van der Waals surface area contributed by atoms with Crippen LogP contribution in [0.25, 0.3) is 5.69 Å². The lowest BCUT2D eigenvalue weighted by atomic mass is 10.2. The van der Waals surface area contributed by atoms with Crippen LogP contribution >= 0.6 is 11.6 Å². The SMILES string of the molecule is Cc1cc(N)c(Cl)cc1-n1nnnc1C. The Bertz CT molecular complexity index is 505. The first kappa shape index (κ1) is 9.92. The van der Waals surface area contributed by atoms with Crippen molar-refractivity contribution in [3.8, 4) is 5.69 Å². The van der Waals surface area contributed by atoms with Gasteiger partial charge in [-0.05, 0) is 42.0 Å². The van der Waals surface area contributed by atoms with Gasteiger partial charge in [0.25, 0.3) is 0 Å². The van der Waals surface area contributed by atoms with E-state index in [1.807, 2.05) is 13.8 Å². The number of hydrogen-bond acceptors (Lipinski definition) is 4. The van der Waals surface area contributed by atoms with Gasteiger partial charge in [-0.3, -0.25) is 0 Å².